The Morgan fingerprint density at radius 2 is 1.97 bits per heavy atom. The predicted octanol–water partition coefficient (Wildman–Crippen LogP) is 6.69. The Morgan fingerprint density at radius 1 is 1.17 bits per heavy atom. The van der Waals surface area contributed by atoms with Crippen molar-refractivity contribution in [1.29, 1.82) is 0 Å². The summed E-state index contributed by atoms with van der Waals surface area (Å²) in [6, 6.07) is 12.4. The summed E-state index contributed by atoms with van der Waals surface area (Å²) >= 11 is 12.8. The maximum atomic E-state index is 13.5. The fourth-order valence-corrected chi connectivity index (χ4v) is 4.79. The molecule has 2 aromatic carbocycles. The Labute approximate surface area is 186 Å². The van der Waals surface area contributed by atoms with E-state index in [0.29, 0.717) is 34.0 Å². The van der Waals surface area contributed by atoms with Crippen LogP contribution in [0.5, 0.6) is 0 Å². The number of amides is 1. The van der Waals surface area contributed by atoms with E-state index < -0.39 is 6.04 Å². The SMILES string of the molecule is CCCCC(=O)N1c2ccccc2NC2=C(C(=O)CCC2)[C@H]1c1ccc(Cl)cc1Cl. The first-order valence-electron chi connectivity index (χ1n) is 10.4. The molecule has 0 aromatic heterocycles. The summed E-state index contributed by atoms with van der Waals surface area (Å²) in [6.45, 7) is 2.06. The number of para-hydroxylation sites is 2. The third-order valence-corrected chi connectivity index (χ3v) is 6.27. The minimum atomic E-state index is -0.585. The van der Waals surface area contributed by atoms with Gasteiger partial charge in [0.1, 0.15) is 0 Å². The van der Waals surface area contributed by atoms with Crippen LogP contribution in [-0.4, -0.2) is 11.7 Å². The largest absolute Gasteiger partial charge is 0.357 e. The molecule has 30 heavy (non-hydrogen) atoms. The topological polar surface area (TPSA) is 49.4 Å². The van der Waals surface area contributed by atoms with Crippen molar-refractivity contribution in [3.8, 4) is 0 Å². The van der Waals surface area contributed by atoms with Crippen molar-refractivity contribution in [2.24, 2.45) is 0 Å². The summed E-state index contributed by atoms with van der Waals surface area (Å²) in [7, 11) is 0. The monoisotopic (exact) mass is 442 g/mol. The first-order valence-corrected chi connectivity index (χ1v) is 11.2. The number of carbonyl (C=O) groups excluding carboxylic acids is 2. The summed E-state index contributed by atoms with van der Waals surface area (Å²) < 4.78 is 0. The molecule has 0 radical (unpaired) electrons. The minimum absolute atomic E-state index is 0.0192. The van der Waals surface area contributed by atoms with Gasteiger partial charge in [-0.25, -0.2) is 0 Å². The van der Waals surface area contributed by atoms with Crippen LogP contribution in [0, 0.1) is 0 Å². The second-order valence-electron chi connectivity index (χ2n) is 7.75. The number of nitrogens with one attached hydrogen (secondary N) is 1. The van der Waals surface area contributed by atoms with Gasteiger partial charge in [-0.1, -0.05) is 54.7 Å². The number of anilines is 2. The van der Waals surface area contributed by atoms with E-state index in [-0.39, 0.29) is 11.7 Å². The van der Waals surface area contributed by atoms with E-state index in [1.807, 2.05) is 30.3 Å². The fourth-order valence-electron chi connectivity index (χ4n) is 4.28. The fraction of sp³-hybridized carbons (Fsp3) is 0.333. The van der Waals surface area contributed by atoms with Crippen molar-refractivity contribution in [2.45, 2.75) is 51.5 Å². The second kappa shape index (κ2) is 8.83. The minimum Gasteiger partial charge on any atom is -0.357 e. The maximum Gasteiger partial charge on any atom is 0.227 e. The third-order valence-electron chi connectivity index (χ3n) is 5.71. The average Bonchev–Trinajstić information content (AvgIpc) is 2.87. The lowest BCUT2D eigenvalue weighted by atomic mass is 9.85. The number of hydrogen-bond donors (Lipinski definition) is 1. The molecule has 1 atom stereocenters. The molecule has 0 saturated carbocycles. The summed E-state index contributed by atoms with van der Waals surface area (Å²) in [5.74, 6) is 0.0371. The highest BCUT2D eigenvalue weighted by molar-refractivity contribution is 6.35. The molecule has 1 aliphatic heterocycles. The second-order valence-corrected chi connectivity index (χ2v) is 8.59. The number of carbonyl (C=O) groups is 2. The molecule has 1 heterocycles. The zero-order valence-corrected chi connectivity index (χ0v) is 18.4. The molecule has 1 N–H and O–H groups in total. The van der Waals surface area contributed by atoms with Crippen LogP contribution in [0.2, 0.25) is 10.0 Å². The van der Waals surface area contributed by atoms with Gasteiger partial charge in [-0.05, 0) is 49.1 Å². The molecule has 1 aliphatic carbocycles. The van der Waals surface area contributed by atoms with Crippen LogP contribution >= 0.6 is 23.2 Å². The average molecular weight is 443 g/mol. The zero-order valence-electron chi connectivity index (χ0n) is 16.9. The molecule has 4 nitrogen and oxygen atoms in total. The molecular formula is C24H24Cl2N2O2. The molecule has 0 saturated heterocycles. The Balaban J connectivity index is 1.97. The van der Waals surface area contributed by atoms with Gasteiger partial charge in [0.25, 0.3) is 0 Å². The van der Waals surface area contributed by atoms with Gasteiger partial charge in [0.2, 0.25) is 5.91 Å². The highest BCUT2D eigenvalue weighted by Gasteiger charge is 2.39. The van der Waals surface area contributed by atoms with Gasteiger partial charge in [0.05, 0.1) is 17.4 Å². The van der Waals surface area contributed by atoms with Gasteiger partial charge in [0, 0.05) is 34.2 Å². The normalized spacial score (nSPS) is 18.4. The van der Waals surface area contributed by atoms with Crippen molar-refractivity contribution >= 4 is 46.3 Å². The quantitative estimate of drug-likeness (QED) is 0.573. The zero-order chi connectivity index (χ0) is 21.3. The van der Waals surface area contributed by atoms with Gasteiger partial charge in [0.15, 0.2) is 5.78 Å². The smallest absolute Gasteiger partial charge is 0.227 e. The molecule has 2 aromatic rings. The van der Waals surface area contributed by atoms with E-state index in [2.05, 4.69) is 12.2 Å². The summed E-state index contributed by atoms with van der Waals surface area (Å²) in [5, 5.41) is 4.43. The first-order chi connectivity index (χ1) is 14.5. The Hall–Kier alpha value is -2.30. The summed E-state index contributed by atoms with van der Waals surface area (Å²) in [5.41, 5.74) is 3.81. The van der Waals surface area contributed by atoms with E-state index in [1.165, 1.54) is 0 Å². The molecule has 0 spiro atoms. The molecule has 156 valence electrons. The Kier molecular flexibility index (Phi) is 6.16. The third kappa shape index (κ3) is 3.86. The van der Waals surface area contributed by atoms with E-state index in [1.54, 1.807) is 17.0 Å². The lowest BCUT2D eigenvalue weighted by molar-refractivity contribution is -0.119. The maximum absolute atomic E-state index is 13.5. The van der Waals surface area contributed by atoms with Crippen LogP contribution in [-0.2, 0) is 9.59 Å². The van der Waals surface area contributed by atoms with Gasteiger partial charge in [-0.2, -0.15) is 0 Å². The number of fused-ring (bicyclic) bond motifs is 1. The van der Waals surface area contributed by atoms with Crippen molar-refractivity contribution in [3.05, 3.63) is 69.3 Å². The molecule has 4 rings (SSSR count). The molecule has 1 amide bonds. The lowest BCUT2D eigenvalue weighted by Gasteiger charge is -2.34. The summed E-state index contributed by atoms with van der Waals surface area (Å²) in [4.78, 5) is 28.4. The van der Waals surface area contributed by atoms with Crippen LogP contribution in [0.25, 0.3) is 0 Å². The first kappa shape index (κ1) is 21.0. The molecule has 0 unspecified atom stereocenters. The number of nitrogens with zero attached hydrogens (tertiary/aromatic N) is 1. The molecule has 0 fully saturated rings. The van der Waals surface area contributed by atoms with Crippen molar-refractivity contribution in [3.63, 3.8) is 0 Å². The number of Topliss-reactive ketones (excluding diaryl/α,β-unsaturated/α-hetero) is 1. The van der Waals surface area contributed by atoms with Gasteiger partial charge in [-0.15, -0.1) is 0 Å². The van der Waals surface area contributed by atoms with Gasteiger partial charge < -0.3 is 5.32 Å². The Bertz CT molecular complexity index is 1030. The van der Waals surface area contributed by atoms with Crippen molar-refractivity contribution in [1.82, 2.24) is 0 Å². The van der Waals surface area contributed by atoms with E-state index >= 15 is 0 Å². The number of allylic oxidation sites excluding steroid dienone is 1. The molecule has 6 heteroatoms. The van der Waals surface area contributed by atoms with Crippen LogP contribution in [0.1, 0.15) is 57.1 Å². The van der Waals surface area contributed by atoms with E-state index in [4.69, 9.17) is 23.2 Å². The van der Waals surface area contributed by atoms with Crippen molar-refractivity contribution in [2.75, 3.05) is 10.2 Å². The van der Waals surface area contributed by atoms with Crippen molar-refractivity contribution < 1.29 is 9.59 Å². The number of ketones is 1. The number of rotatable bonds is 4. The van der Waals surface area contributed by atoms with Gasteiger partial charge >= 0.3 is 0 Å². The predicted molar refractivity (Wildman–Crippen MR) is 122 cm³/mol. The van der Waals surface area contributed by atoms with Crippen LogP contribution < -0.4 is 10.2 Å². The summed E-state index contributed by atoms with van der Waals surface area (Å²) in [6.07, 6.45) is 4.12. The number of hydrogen-bond acceptors (Lipinski definition) is 3. The number of benzene rings is 2. The van der Waals surface area contributed by atoms with Crippen LogP contribution in [0.3, 0.4) is 0 Å². The van der Waals surface area contributed by atoms with Crippen LogP contribution in [0.4, 0.5) is 11.4 Å². The molecule has 2 aliphatic rings. The van der Waals surface area contributed by atoms with Gasteiger partial charge in [-0.3, -0.25) is 14.5 Å². The van der Waals surface area contributed by atoms with E-state index in [0.717, 1.165) is 42.8 Å². The van der Waals surface area contributed by atoms with Crippen LogP contribution in [0.15, 0.2) is 53.7 Å². The van der Waals surface area contributed by atoms with E-state index in [9.17, 15) is 9.59 Å². The highest BCUT2D eigenvalue weighted by Crippen LogP contribution is 2.46. The number of unbranched alkanes of at least 4 members (excludes halogenated alkanes) is 1. The Morgan fingerprint density at radius 3 is 2.73 bits per heavy atom. The molecule has 0 bridgehead atoms. The lowest BCUT2D eigenvalue weighted by Crippen LogP contribution is -2.38. The highest BCUT2D eigenvalue weighted by atomic mass is 35.5. The standard InChI is InChI=1S/C24H24Cl2N2O2/c1-2-3-11-22(30)28-20-9-5-4-7-18(20)27-19-8-6-10-21(29)23(19)24(28)16-13-12-15(25)14-17(16)26/h4-5,7,9,12-14,24,27H,2-3,6,8,10-11H2,1H3/t24-/m1/s1. The number of halogens is 2. The molecular weight excluding hydrogens is 419 g/mol.